The fourth-order valence-corrected chi connectivity index (χ4v) is 3.82. The number of nitro groups is 2. The van der Waals surface area contributed by atoms with Crippen molar-refractivity contribution in [3.63, 3.8) is 0 Å². The van der Waals surface area contributed by atoms with Crippen LogP contribution in [0.5, 0.6) is 11.5 Å². The zero-order valence-electron chi connectivity index (χ0n) is 15.3. The third-order valence-corrected chi connectivity index (χ3v) is 5.28. The Morgan fingerprint density at radius 3 is 2.58 bits per heavy atom. The zero-order chi connectivity index (χ0) is 22.7. The molecule has 0 atom stereocenters. The first-order valence-electron chi connectivity index (χ1n) is 8.33. The van der Waals surface area contributed by atoms with E-state index >= 15 is 0 Å². The second-order valence-corrected chi connectivity index (χ2v) is 7.68. The Morgan fingerprint density at radius 2 is 1.94 bits per heavy atom. The standard InChI is InChI=1S/C18H11N3O8S2/c22-16(23)9-19-17(24)15(31-18(19)30)7-10-2-1-3-12(6-10)29-14-5-4-11(20(25)26)8-13(14)21(27)28/h1-8H,9H2,(H,22,23)/b15-7-. The molecule has 0 unspecified atom stereocenters. The van der Waals surface area contributed by atoms with Gasteiger partial charge in [-0.15, -0.1) is 0 Å². The van der Waals surface area contributed by atoms with E-state index in [9.17, 15) is 29.8 Å². The average Bonchev–Trinajstić information content (AvgIpc) is 2.95. The molecule has 1 N–H and O–H groups in total. The van der Waals surface area contributed by atoms with Gasteiger partial charge in [-0.1, -0.05) is 36.1 Å². The molecule has 158 valence electrons. The van der Waals surface area contributed by atoms with Gasteiger partial charge in [-0.25, -0.2) is 0 Å². The second kappa shape index (κ2) is 8.89. The normalized spacial score (nSPS) is 14.7. The zero-order valence-corrected chi connectivity index (χ0v) is 16.9. The van der Waals surface area contributed by atoms with Crippen molar-refractivity contribution in [3.05, 3.63) is 73.2 Å². The minimum Gasteiger partial charge on any atom is -0.480 e. The Bertz CT molecular complexity index is 1160. The molecular formula is C18H11N3O8S2. The minimum absolute atomic E-state index is 0.118. The smallest absolute Gasteiger partial charge is 0.323 e. The summed E-state index contributed by atoms with van der Waals surface area (Å²) in [5.74, 6) is -1.75. The molecule has 3 rings (SSSR count). The van der Waals surface area contributed by atoms with Crippen molar-refractivity contribution in [2.24, 2.45) is 0 Å². The summed E-state index contributed by atoms with van der Waals surface area (Å²) in [5, 5.41) is 31.0. The number of ether oxygens (including phenoxy) is 1. The maximum atomic E-state index is 12.4. The molecule has 13 heteroatoms. The Labute approximate surface area is 183 Å². The summed E-state index contributed by atoms with van der Waals surface area (Å²) in [6.07, 6.45) is 1.48. The first-order valence-corrected chi connectivity index (χ1v) is 9.56. The lowest BCUT2D eigenvalue weighted by molar-refractivity contribution is -0.394. The highest BCUT2D eigenvalue weighted by Crippen LogP contribution is 2.36. The van der Waals surface area contributed by atoms with Crippen LogP contribution in [-0.4, -0.2) is 42.6 Å². The summed E-state index contributed by atoms with van der Waals surface area (Å²) in [6.45, 7) is -0.547. The summed E-state index contributed by atoms with van der Waals surface area (Å²) in [6, 6.07) is 9.23. The Hall–Kier alpha value is -3.84. The van der Waals surface area contributed by atoms with Crippen LogP contribution in [0.15, 0.2) is 47.4 Å². The topological polar surface area (TPSA) is 153 Å². The molecule has 1 aliphatic heterocycles. The van der Waals surface area contributed by atoms with Gasteiger partial charge in [-0.2, -0.15) is 0 Å². The van der Waals surface area contributed by atoms with Gasteiger partial charge in [0.25, 0.3) is 11.6 Å². The largest absolute Gasteiger partial charge is 0.480 e. The first-order chi connectivity index (χ1) is 14.7. The summed E-state index contributed by atoms with van der Waals surface area (Å²) < 4.78 is 5.65. The lowest BCUT2D eigenvalue weighted by Crippen LogP contribution is -2.33. The van der Waals surface area contributed by atoms with Crippen LogP contribution in [-0.2, 0) is 9.59 Å². The van der Waals surface area contributed by atoms with Crippen LogP contribution in [0.4, 0.5) is 11.4 Å². The number of rotatable bonds is 7. The predicted molar refractivity (Wildman–Crippen MR) is 114 cm³/mol. The highest BCUT2D eigenvalue weighted by molar-refractivity contribution is 8.26. The highest BCUT2D eigenvalue weighted by atomic mass is 32.2. The van der Waals surface area contributed by atoms with E-state index in [1.807, 2.05) is 0 Å². The van der Waals surface area contributed by atoms with Crippen LogP contribution >= 0.6 is 24.0 Å². The summed E-state index contributed by atoms with van der Waals surface area (Å²) in [7, 11) is 0. The minimum atomic E-state index is -1.20. The van der Waals surface area contributed by atoms with Gasteiger partial charge in [0.05, 0.1) is 20.8 Å². The number of carbonyl (C=O) groups is 2. The lowest BCUT2D eigenvalue weighted by Gasteiger charge is -2.10. The first kappa shape index (κ1) is 21.9. The molecule has 0 saturated carbocycles. The van der Waals surface area contributed by atoms with Crippen LogP contribution in [0.3, 0.4) is 0 Å². The average molecular weight is 461 g/mol. The SMILES string of the molecule is O=C(O)CN1C(=O)/C(=C/c2cccc(Oc3ccc([N+](=O)[O-])cc3[N+](=O)[O-])c2)SC1=S. The molecule has 1 amide bonds. The van der Waals surface area contributed by atoms with Crippen molar-refractivity contribution in [3.8, 4) is 11.5 Å². The number of non-ortho nitro benzene ring substituents is 1. The van der Waals surface area contributed by atoms with E-state index in [1.165, 1.54) is 18.2 Å². The van der Waals surface area contributed by atoms with Crippen molar-refractivity contribution in [1.82, 2.24) is 4.90 Å². The van der Waals surface area contributed by atoms with Crippen LogP contribution in [0.1, 0.15) is 5.56 Å². The van der Waals surface area contributed by atoms with Crippen molar-refractivity contribution >= 4 is 57.6 Å². The monoisotopic (exact) mass is 461 g/mol. The van der Waals surface area contributed by atoms with Gasteiger partial charge in [0.15, 0.2) is 0 Å². The predicted octanol–water partition coefficient (Wildman–Crippen LogP) is 3.58. The number of carboxylic acids is 1. The summed E-state index contributed by atoms with van der Waals surface area (Å²) in [5.41, 5.74) is -0.525. The van der Waals surface area contributed by atoms with Gasteiger partial charge >= 0.3 is 11.7 Å². The van der Waals surface area contributed by atoms with Crippen LogP contribution < -0.4 is 4.74 Å². The van der Waals surface area contributed by atoms with E-state index in [1.54, 1.807) is 12.1 Å². The van der Waals surface area contributed by atoms with Crippen LogP contribution in [0.25, 0.3) is 6.08 Å². The van der Waals surface area contributed by atoms with Crippen molar-refractivity contribution in [2.75, 3.05) is 6.54 Å². The van der Waals surface area contributed by atoms with Gasteiger partial charge < -0.3 is 9.84 Å². The van der Waals surface area contributed by atoms with Gasteiger partial charge in [0, 0.05) is 6.07 Å². The number of carboxylic acid groups (broad SMARTS) is 1. The van der Waals surface area contributed by atoms with Crippen molar-refractivity contribution < 1.29 is 29.3 Å². The molecule has 0 aliphatic carbocycles. The number of thioether (sulfide) groups is 1. The Balaban J connectivity index is 1.87. The van der Waals surface area contributed by atoms with E-state index in [-0.39, 0.29) is 20.7 Å². The van der Waals surface area contributed by atoms with Crippen molar-refractivity contribution in [2.45, 2.75) is 0 Å². The molecule has 2 aromatic rings. The fourth-order valence-electron chi connectivity index (χ4n) is 2.57. The van der Waals surface area contributed by atoms with Gasteiger partial charge in [0.2, 0.25) is 5.75 Å². The Kier molecular flexibility index (Phi) is 6.27. The second-order valence-electron chi connectivity index (χ2n) is 6.00. The summed E-state index contributed by atoms with van der Waals surface area (Å²) in [4.78, 5) is 45.0. The summed E-state index contributed by atoms with van der Waals surface area (Å²) >= 11 is 5.99. The number of hydrogen-bond donors (Lipinski definition) is 1. The van der Waals surface area contributed by atoms with Crippen molar-refractivity contribution in [1.29, 1.82) is 0 Å². The molecule has 11 nitrogen and oxygen atoms in total. The molecule has 1 fully saturated rings. The number of nitrogens with zero attached hydrogens (tertiary/aromatic N) is 3. The van der Waals surface area contributed by atoms with E-state index in [2.05, 4.69) is 0 Å². The number of benzene rings is 2. The van der Waals surface area contributed by atoms with Gasteiger partial charge in [-0.05, 0) is 29.8 Å². The van der Waals surface area contributed by atoms with E-state index in [4.69, 9.17) is 22.1 Å². The van der Waals surface area contributed by atoms with Crippen LogP contribution in [0.2, 0.25) is 0 Å². The number of nitro benzene ring substituents is 2. The molecular weight excluding hydrogens is 450 g/mol. The third-order valence-electron chi connectivity index (χ3n) is 3.90. The number of hydrogen-bond acceptors (Lipinski definition) is 9. The maximum Gasteiger partial charge on any atom is 0.323 e. The van der Waals surface area contributed by atoms with Gasteiger partial charge in [0.1, 0.15) is 16.6 Å². The number of thiocarbonyl (C=S) groups is 1. The molecule has 0 aromatic heterocycles. The molecule has 1 saturated heterocycles. The molecule has 31 heavy (non-hydrogen) atoms. The third kappa shape index (κ3) is 5.02. The Morgan fingerprint density at radius 1 is 1.19 bits per heavy atom. The number of amides is 1. The maximum absolute atomic E-state index is 12.4. The molecule has 1 heterocycles. The van der Waals surface area contributed by atoms with E-state index in [0.717, 1.165) is 34.9 Å². The molecule has 2 aromatic carbocycles. The molecule has 1 aliphatic rings. The highest BCUT2D eigenvalue weighted by Gasteiger charge is 2.33. The van der Waals surface area contributed by atoms with E-state index < -0.39 is 39.6 Å². The van der Waals surface area contributed by atoms with E-state index in [0.29, 0.717) is 5.56 Å². The molecule has 0 bridgehead atoms. The number of carbonyl (C=O) groups excluding carboxylic acids is 1. The molecule has 0 spiro atoms. The quantitative estimate of drug-likeness (QED) is 0.280. The lowest BCUT2D eigenvalue weighted by atomic mass is 10.2. The van der Waals surface area contributed by atoms with Gasteiger partial charge in [-0.3, -0.25) is 34.7 Å². The fraction of sp³-hybridized carbons (Fsp3) is 0.0556. The van der Waals surface area contributed by atoms with Crippen LogP contribution in [0, 0.1) is 20.2 Å². The number of aliphatic carboxylic acids is 1. The molecule has 0 radical (unpaired) electrons.